The van der Waals surface area contributed by atoms with Crippen molar-refractivity contribution in [3.63, 3.8) is 0 Å². The van der Waals surface area contributed by atoms with Gasteiger partial charge < -0.3 is 9.84 Å². The minimum absolute atomic E-state index is 0.00806. The van der Waals surface area contributed by atoms with Gasteiger partial charge in [0, 0.05) is 17.3 Å². The van der Waals surface area contributed by atoms with E-state index in [1.54, 1.807) is 0 Å². The van der Waals surface area contributed by atoms with Crippen molar-refractivity contribution in [3.8, 4) is 0 Å². The third-order valence-electron chi connectivity index (χ3n) is 11.6. The quantitative estimate of drug-likeness (QED) is 0.406. The molecule has 0 amide bonds. The zero-order valence-electron chi connectivity index (χ0n) is 22.2. The Kier molecular flexibility index (Phi) is 5.39. The molecule has 1 aliphatic heterocycles. The van der Waals surface area contributed by atoms with E-state index in [0.29, 0.717) is 5.92 Å². The summed E-state index contributed by atoms with van der Waals surface area (Å²) < 4.78 is 6.06. The van der Waals surface area contributed by atoms with E-state index >= 15 is 0 Å². The minimum Gasteiger partial charge on any atom is -0.462 e. The number of aliphatic hydroxyl groups excluding tert-OH is 1. The monoisotopic (exact) mass is 468 g/mol. The first kappa shape index (κ1) is 24.3. The fourth-order valence-corrected chi connectivity index (χ4v) is 9.72. The third kappa shape index (κ3) is 2.99. The van der Waals surface area contributed by atoms with Crippen LogP contribution >= 0.6 is 0 Å². The van der Waals surface area contributed by atoms with E-state index in [1.165, 1.54) is 11.1 Å². The standard InChI is InChI=1S/C30H44O4/c1-17(2)9-8-10-18-24-22(34-26(18)33)16-30(7)20-15-21(31)25-27(3,4)23(32)12-13-28(25,5)19(20)11-14-29(24,30)6/h9,15,18-19,22-25,32H,8,10-14,16H2,1-7H3/t18-,19+,22+,23+,24-,25+,28-,29+,30-/m1/s1. The van der Waals surface area contributed by atoms with Crippen LogP contribution in [0.3, 0.4) is 0 Å². The first-order valence-electron chi connectivity index (χ1n) is 13.6. The summed E-state index contributed by atoms with van der Waals surface area (Å²) in [5.74, 6) is 0.599. The van der Waals surface area contributed by atoms with Crippen LogP contribution in [0.2, 0.25) is 0 Å². The molecule has 34 heavy (non-hydrogen) atoms. The molecule has 0 aromatic carbocycles. The first-order chi connectivity index (χ1) is 15.8. The fraction of sp³-hybridized carbons (Fsp3) is 0.800. The van der Waals surface area contributed by atoms with Gasteiger partial charge in [-0.3, -0.25) is 9.59 Å². The van der Waals surface area contributed by atoms with Gasteiger partial charge in [-0.25, -0.2) is 0 Å². The molecule has 1 saturated heterocycles. The van der Waals surface area contributed by atoms with Crippen LogP contribution in [-0.2, 0) is 14.3 Å². The Hall–Kier alpha value is -1.42. The Balaban J connectivity index is 1.53. The molecule has 5 aliphatic rings. The molecule has 9 atom stereocenters. The van der Waals surface area contributed by atoms with Crippen LogP contribution < -0.4 is 0 Å². The van der Waals surface area contributed by atoms with E-state index in [2.05, 4.69) is 54.5 Å². The van der Waals surface area contributed by atoms with Gasteiger partial charge in [0.05, 0.1) is 12.0 Å². The maximum Gasteiger partial charge on any atom is 0.309 e. The second kappa shape index (κ2) is 7.54. The lowest BCUT2D eigenvalue weighted by molar-refractivity contribution is -0.158. The molecule has 4 aliphatic carbocycles. The summed E-state index contributed by atoms with van der Waals surface area (Å²) in [5, 5.41) is 10.8. The predicted molar refractivity (Wildman–Crippen MR) is 133 cm³/mol. The summed E-state index contributed by atoms with van der Waals surface area (Å²) in [4.78, 5) is 26.7. The summed E-state index contributed by atoms with van der Waals surface area (Å²) in [7, 11) is 0. The molecule has 0 aromatic heterocycles. The fourth-order valence-electron chi connectivity index (χ4n) is 9.72. The van der Waals surface area contributed by atoms with Crippen molar-refractivity contribution in [3.05, 3.63) is 23.3 Å². The molecular weight excluding hydrogens is 424 g/mol. The zero-order valence-corrected chi connectivity index (χ0v) is 22.2. The Morgan fingerprint density at radius 2 is 1.82 bits per heavy atom. The summed E-state index contributed by atoms with van der Waals surface area (Å²) in [6.45, 7) is 15.5. The molecule has 0 unspecified atom stereocenters. The number of ketones is 1. The molecule has 4 heteroatoms. The van der Waals surface area contributed by atoms with Crippen LogP contribution in [-0.4, -0.2) is 29.1 Å². The zero-order chi connectivity index (χ0) is 24.8. The largest absolute Gasteiger partial charge is 0.462 e. The summed E-state index contributed by atoms with van der Waals surface area (Å²) in [6.07, 6.45) is 10.2. The highest BCUT2D eigenvalue weighted by molar-refractivity contribution is 5.95. The van der Waals surface area contributed by atoms with E-state index in [0.717, 1.165) is 44.9 Å². The van der Waals surface area contributed by atoms with Crippen molar-refractivity contribution in [2.45, 2.75) is 106 Å². The number of hydrogen-bond acceptors (Lipinski definition) is 4. The lowest BCUT2D eigenvalue weighted by Crippen LogP contribution is -2.60. The molecule has 3 saturated carbocycles. The van der Waals surface area contributed by atoms with E-state index in [4.69, 9.17) is 4.74 Å². The lowest BCUT2D eigenvalue weighted by atomic mass is 9.40. The highest BCUT2D eigenvalue weighted by atomic mass is 16.6. The van der Waals surface area contributed by atoms with E-state index in [9.17, 15) is 14.7 Å². The molecule has 0 bridgehead atoms. The number of rotatable bonds is 3. The number of esters is 1. The molecule has 188 valence electrons. The Morgan fingerprint density at radius 3 is 2.50 bits per heavy atom. The molecule has 1 heterocycles. The van der Waals surface area contributed by atoms with Crippen LogP contribution in [0.1, 0.15) is 93.4 Å². The van der Waals surface area contributed by atoms with Gasteiger partial charge in [-0.1, -0.05) is 51.8 Å². The number of aliphatic hydroxyl groups is 1. The van der Waals surface area contributed by atoms with Crippen molar-refractivity contribution in [2.75, 3.05) is 0 Å². The van der Waals surface area contributed by atoms with Gasteiger partial charge in [0.25, 0.3) is 0 Å². The number of allylic oxidation sites excluding steroid dienone is 4. The molecule has 4 nitrogen and oxygen atoms in total. The topological polar surface area (TPSA) is 63.6 Å². The predicted octanol–water partition coefficient (Wildman–Crippen LogP) is 6.03. The van der Waals surface area contributed by atoms with Gasteiger partial charge in [-0.05, 0) is 87.0 Å². The first-order valence-corrected chi connectivity index (χ1v) is 13.6. The number of fused-ring (bicyclic) bond motifs is 7. The summed E-state index contributed by atoms with van der Waals surface area (Å²) >= 11 is 0. The van der Waals surface area contributed by atoms with Gasteiger partial charge in [-0.2, -0.15) is 0 Å². The SMILES string of the molecule is CC(C)=CCC[C@H]1C(=O)O[C@H]2C[C@]3(C)C4=CC(=O)[C@H]5C(C)(C)[C@@H](O)CC[C@]5(C)[C@H]4CC[C@@]3(C)[C@@H]21. The van der Waals surface area contributed by atoms with Crippen LogP contribution in [0.15, 0.2) is 23.3 Å². The number of ether oxygens (including phenoxy) is 1. The van der Waals surface area contributed by atoms with Crippen LogP contribution in [0.5, 0.6) is 0 Å². The number of hydrogen-bond donors (Lipinski definition) is 1. The van der Waals surface area contributed by atoms with E-state index in [-0.39, 0.29) is 51.9 Å². The van der Waals surface area contributed by atoms with Gasteiger partial charge >= 0.3 is 5.97 Å². The second-order valence-electron chi connectivity index (χ2n) is 13.8. The maximum atomic E-state index is 13.8. The highest BCUT2D eigenvalue weighted by Gasteiger charge is 2.71. The Bertz CT molecular complexity index is 970. The highest BCUT2D eigenvalue weighted by Crippen LogP contribution is 2.74. The average Bonchev–Trinajstić information content (AvgIpc) is 3.15. The van der Waals surface area contributed by atoms with Crippen molar-refractivity contribution < 1.29 is 19.4 Å². The number of carbonyl (C=O) groups is 2. The molecule has 4 fully saturated rings. The van der Waals surface area contributed by atoms with Crippen LogP contribution in [0.25, 0.3) is 0 Å². The molecule has 1 N–H and O–H groups in total. The Morgan fingerprint density at radius 1 is 1.12 bits per heavy atom. The normalized spacial score (nSPS) is 48.8. The average molecular weight is 469 g/mol. The lowest BCUT2D eigenvalue weighted by Gasteiger charge is -2.63. The summed E-state index contributed by atoms with van der Waals surface area (Å²) in [5.41, 5.74) is 1.90. The smallest absolute Gasteiger partial charge is 0.309 e. The van der Waals surface area contributed by atoms with Gasteiger partial charge in [0.15, 0.2) is 5.78 Å². The van der Waals surface area contributed by atoms with Crippen LogP contribution in [0, 0.1) is 45.3 Å². The second-order valence-corrected chi connectivity index (χ2v) is 13.8. The molecular formula is C30H44O4. The van der Waals surface area contributed by atoms with E-state index in [1.807, 2.05) is 6.08 Å². The molecule has 0 spiro atoms. The molecule has 0 aromatic rings. The van der Waals surface area contributed by atoms with Gasteiger partial charge in [0.2, 0.25) is 0 Å². The number of carbonyl (C=O) groups excluding carboxylic acids is 2. The Labute approximate surface area is 205 Å². The van der Waals surface area contributed by atoms with E-state index < -0.39 is 11.5 Å². The molecule has 5 rings (SSSR count). The van der Waals surface area contributed by atoms with Crippen molar-refractivity contribution in [1.82, 2.24) is 0 Å². The summed E-state index contributed by atoms with van der Waals surface area (Å²) in [6, 6.07) is 0. The third-order valence-corrected chi connectivity index (χ3v) is 11.6. The van der Waals surface area contributed by atoms with Crippen molar-refractivity contribution >= 4 is 11.8 Å². The van der Waals surface area contributed by atoms with Crippen molar-refractivity contribution in [1.29, 1.82) is 0 Å². The van der Waals surface area contributed by atoms with Gasteiger partial charge in [0.1, 0.15) is 6.10 Å². The maximum absolute atomic E-state index is 13.8. The van der Waals surface area contributed by atoms with Crippen molar-refractivity contribution in [2.24, 2.45) is 45.3 Å². The van der Waals surface area contributed by atoms with Gasteiger partial charge in [-0.15, -0.1) is 0 Å². The van der Waals surface area contributed by atoms with Crippen LogP contribution in [0.4, 0.5) is 0 Å². The minimum atomic E-state index is -0.430. The molecule has 0 radical (unpaired) electrons.